The molecule has 14 heavy (non-hydrogen) atoms. The van der Waals surface area contributed by atoms with Gasteiger partial charge in [-0.25, -0.2) is 4.39 Å². The molecule has 3 heteroatoms. The van der Waals surface area contributed by atoms with E-state index in [9.17, 15) is 9.50 Å². The van der Waals surface area contributed by atoms with Crippen molar-refractivity contribution in [1.29, 1.82) is 0 Å². The van der Waals surface area contributed by atoms with Crippen LogP contribution in [0.15, 0.2) is 24.3 Å². The number of nitrogens with two attached hydrogens (primary N) is 1. The number of halogens is 1. The summed E-state index contributed by atoms with van der Waals surface area (Å²) >= 11 is 0. The van der Waals surface area contributed by atoms with Crippen LogP contribution in [-0.4, -0.2) is 10.6 Å². The smallest absolute Gasteiger partial charge is 0.127 e. The minimum absolute atomic E-state index is 0.104. The van der Waals surface area contributed by atoms with E-state index in [1.54, 1.807) is 12.1 Å². The topological polar surface area (TPSA) is 46.2 Å². The average Bonchev–Trinajstić information content (AvgIpc) is 2.83. The summed E-state index contributed by atoms with van der Waals surface area (Å²) in [6.07, 6.45) is 1.11. The molecule has 1 aliphatic carbocycles. The summed E-state index contributed by atoms with van der Waals surface area (Å²) in [5.41, 5.74) is 6.05. The summed E-state index contributed by atoms with van der Waals surface area (Å²) in [5, 5.41) is 9.18. The van der Waals surface area contributed by atoms with E-state index in [2.05, 4.69) is 0 Å². The molecular weight excluding hydrogens is 181 g/mol. The Labute approximate surface area is 82.5 Å². The second-order valence-electron chi connectivity index (χ2n) is 4.13. The quantitative estimate of drug-likeness (QED) is 0.777. The van der Waals surface area contributed by atoms with Gasteiger partial charge < -0.3 is 10.8 Å². The lowest BCUT2D eigenvalue weighted by molar-refractivity contribution is 0.295. The molecule has 0 saturated heterocycles. The highest BCUT2D eigenvalue weighted by Crippen LogP contribution is 2.41. The molecule has 1 saturated carbocycles. The van der Waals surface area contributed by atoms with Crippen molar-refractivity contribution in [1.82, 2.24) is 0 Å². The summed E-state index contributed by atoms with van der Waals surface area (Å²) in [6, 6.07) is 6.31. The predicted octanol–water partition coefficient (Wildman–Crippen LogP) is 2.28. The van der Waals surface area contributed by atoms with E-state index in [0.29, 0.717) is 12.0 Å². The molecule has 1 aliphatic rings. The molecule has 0 amide bonds. The third-order valence-electron chi connectivity index (χ3n) is 2.71. The Bertz CT molecular complexity index is 336. The van der Waals surface area contributed by atoms with Gasteiger partial charge in [0.05, 0.1) is 0 Å². The SMILES string of the molecule is NC1(CC(F)c2cccc(O)c2)CC1. The fourth-order valence-corrected chi connectivity index (χ4v) is 1.56. The maximum atomic E-state index is 13.7. The molecule has 1 fully saturated rings. The highest BCUT2D eigenvalue weighted by atomic mass is 19.1. The number of hydrogen-bond acceptors (Lipinski definition) is 2. The van der Waals surface area contributed by atoms with Crippen LogP contribution < -0.4 is 5.73 Å². The van der Waals surface area contributed by atoms with Crippen molar-refractivity contribution in [3.63, 3.8) is 0 Å². The number of benzene rings is 1. The first-order valence-electron chi connectivity index (χ1n) is 4.81. The maximum Gasteiger partial charge on any atom is 0.127 e. The zero-order valence-electron chi connectivity index (χ0n) is 7.91. The summed E-state index contributed by atoms with van der Waals surface area (Å²) in [5.74, 6) is 0.104. The van der Waals surface area contributed by atoms with Crippen LogP contribution in [0.5, 0.6) is 5.75 Å². The summed E-state index contributed by atoms with van der Waals surface area (Å²) in [4.78, 5) is 0. The minimum atomic E-state index is -1.06. The van der Waals surface area contributed by atoms with E-state index in [0.717, 1.165) is 12.8 Å². The van der Waals surface area contributed by atoms with Crippen LogP contribution >= 0.6 is 0 Å². The number of aromatic hydroxyl groups is 1. The highest BCUT2D eigenvalue weighted by Gasteiger charge is 2.40. The largest absolute Gasteiger partial charge is 0.508 e. The third-order valence-corrected chi connectivity index (χ3v) is 2.71. The highest BCUT2D eigenvalue weighted by molar-refractivity contribution is 5.29. The van der Waals surface area contributed by atoms with Crippen molar-refractivity contribution in [3.8, 4) is 5.75 Å². The molecule has 2 rings (SSSR count). The number of rotatable bonds is 3. The van der Waals surface area contributed by atoms with Crippen LogP contribution in [0, 0.1) is 0 Å². The van der Waals surface area contributed by atoms with E-state index in [1.165, 1.54) is 12.1 Å². The second kappa shape index (κ2) is 3.24. The van der Waals surface area contributed by atoms with E-state index in [-0.39, 0.29) is 11.3 Å². The zero-order valence-corrected chi connectivity index (χ0v) is 7.91. The van der Waals surface area contributed by atoms with Crippen molar-refractivity contribution < 1.29 is 9.50 Å². The van der Waals surface area contributed by atoms with Gasteiger partial charge in [0.2, 0.25) is 0 Å². The van der Waals surface area contributed by atoms with Crippen LogP contribution in [0.25, 0.3) is 0 Å². The Hall–Kier alpha value is -1.09. The fraction of sp³-hybridized carbons (Fsp3) is 0.455. The molecule has 0 radical (unpaired) electrons. The lowest BCUT2D eigenvalue weighted by atomic mass is 10.0. The lowest BCUT2D eigenvalue weighted by Crippen LogP contribution is -2.23. The average molecular weight is 195 g/mol. The van der Waals surface area contributed by atoms with Gasteiger partial charge in [0, 0.05) is 12.0 Å². The normalized spacial score (nSPS) is 20.4. The summed E-state index contributed by atoms with van der Waals surface area (Å²) < 4.78 is 13.7. The van der Waals surface area contributed by atoms with Gasteiger partial charge in [0.15, 0.2) is 0 Å². The van der Waals surface area contributed by atoms with Gasteiger partial charge in [-0.15, -0.1) is 0 Å². The van der Waals surface area contributed by atoms with E-state index in [4.69, 9.17) is 5.73 Å². The maximum absolute atomic E-state index is 13.7. The van der Waals surface area contributed by atoms with Crippen LogP contribution in [0.1, 0.15) is 31.0 Å². The zero-order chi connectivity index (χ0) is 10.2. The monoisotopic (exact) mass is 195 g/mol. The number of phenols is 1. The second-order valence-corrected chi connectivity index (χ2v) is 4.13. The molecule has 1 aromatic rings. The van der Waals surface area contributed by atoms with Crippen LogP contribution in [-0.2, 0) is 0 Å². The number of phenolic OH excluding ortho intramolecular Hbond substituents is 1. The summed E-state index contributed by atoms with van der Waals surface area (Å²) in [6.45, 7) is 0. The van der Waals surface area contributed by atoms with Crippen molar-refractivity contribution in [2.45, 2.75) is 31.0 Å². The Kier molecular flexibility index (Phi) is 2.19. The van der Waals surface area contributed by atoms with E-state index < -0.39 is 6.17 Å². The molecule has 0 heterocycles. The first-order chi connectivity index (χ1) is 6.59. The van der Waals surface area contributed by atoms with Crippen LogP contribution in [0.4, 0.5) is 4.39 Å². The molecule has 2 nitrogen and oxygen atoms in total. The molecule has 3 N–H and O–H groups in total. The first-order valence-corrected chi connectivity index (χ1v) is 4.81. The lowest BCUT2D eigenvalue weighted by Gasteiger charge is -2.13. The van der Waals surface area contributed by atoms with Gasteiger partial charge in [-0.3, -0.25) is 0 Å². The fourth-order valence-electron chi connectivity index (χ4n) is 1.56. The van der Waals surface area contributed by atoms with Crippen molar-refractivity contribution in [3.05, 3.63) is 29.8 Å². The molecular formula is C11H14FNO. The Morgan fingerprint density at radius 2 is 2.21 bits per heavy atom. The molecule has 0 spiro atoms. The van der Waals surface area contributed by atoms with Crippen molar-refractivity contribution in [2.75, 3.05) is 0 Å². The van der Waals surface area contributed by atoms with Gasteiger partial charge in [-0.1, -0.05) is 12.1 Å². The Morgan fingerprint density at radius 1 is 1.50 bits per heavy atom. The van der Waals surface area contributed by atoms with Crippen molar-refractivity contribution >= 4 is 0 Å². The summed E-state index contributed by atoms with van der Waals surface area (Å²) in [7, 11) is 0. The van der Waals surface area contributed by atoms with E-state index in [1.807, 2.05) is 0 Å². The molecule has 0 aromatic heterocycles. The molecule has 0 aliphatic heterocycles. The van der Waals surface area contributed by atoms with Crippen molar-refractivity contribution in [2.24, 2.45) is 5.73 Å². The first kappa shape index (κ1) is 9.46. The standard InChI is InChI=1S/C11H14FNO/c12-10(7-11(13)4-5-11)8-2-1-3-9(14)6-8/h1-3,6,10,14H,4-5,7,13H2. The number of hydrogen-bond donors (Lipinski definition) is 2. The molecule has 1 atom stereocenters. The third kappa shape index (κ3) is 2.04. The van der Waals surface area contributed by atoms with E-state index >= 15 is 0 Å². The molecule has 1 unspecified atom stereocenters. The van der Waals surface area contributed by atoms with Gasteiger partial charge in [0.1, 0.15) is 11.9 Å². The van der Waals surface area contributed by atoms with Gasteiger partial charge in [0.25, 0.3) is 0 Å². The molecule has 0 bridgehead atoms. The molecule has 1 aromatic carbocycles. The van der Waals surface area contributed by atoms with Gasteiger partial charge in [-0.05, 0) is 30.5 Å². The molecule has 76 valence electrons. The Balaban J connectivity index is 2.06. The van der Waals surface area contributed by atoms with Gasteiger partial charge in [-0.2, -0.15) is 0 Å². The predicted molar refractivity (Wildman–Crippen MR) is 52.7 cm³/mol. The number of alkyl halides is 1. The van der Waals surface area contributed by atoms with Crippen LogP contribution in [0.3, 0.4) is 0 Å². The van der Waals surface area contributed by atoms with Gasteiger partial charge >= 0.3 is 0 Å². The Morgan fingerprint density at radius 3 is 2.79 bits per heavy atom. The minimum Gasteiger partial charge on any atom is -0.508 e. The van der Waals surface area contributed by atoms with Crippen LogP contribution in [0.2, 0.25) is 0 Å².